The van der Waals surface area contributed by atoms with E-state index in [9.17, 15) is 0 Å². The Bertz CT molecular complexity index is 1080. The number of aromatic nitrogens is 2. The Hall–Kier alpha value is -2.12. The Morgan fingerprint density at radius 2 is 1.88 bits per heavy atom. The number of para-hydroxylation sites is 1. The van der Waals surface area contributed by atoms with Gasteiger partial charge in [0, 0.05) is 0 Å². The Morgan fingerprint density at radius 3 is 2.66 bits per heavy atom. The number of rotatable bonds is 6. The van der Waals surface area contributed by atoms with E-state index in [4.69, 9.17) is 9.72 Å². The molecule has 1 N–H and O–H groups in total. The van der Waals surface area contributed by atoms with E-state index in [-0.39, 0.29) is 0 Å². The van der Waals surface area contributed by atoms with E-state index in [0.717, 1.165) is 53.2 Å². The van der Waals surface area contributed by atoms with E-state index in [1.54, 1.807) is 46.8 Å². The second-order valence-electron chi connectivity index (χ2n) is 7.43. The van der Waals surface area contributed by atoms with Gasteiger partial charge >= 0.3 is 206 Å². The first-order valence-corrected chi connectivity index (χ1v) is 13.3. The van der Waals surface area contributed by atoms with Gasteiger partial charge in [0.1, 0.15) is 0 Å². The molecule has 0 saturated carbocycles. The van der Waals surface area contributed by atoms with Gasteiger partial charge < -0.3 is 0 Å². The molecule has 0 spiro atoms. The molecule has 2 aromatic heterocycles. The van der Waals surface area contributed by atoms with Gasteiger partial charge in [0.2, 0.25) is 0 Å². The summed E-state index contributed by atoms with van der Waals surface area (Å²) in [5.74, 6) is 2.34. The summed E-state index contributed by atoms with van der Waals surface area (Å²) in [4.78, 5) is 10.3. The fourth-order valence-electron chi connectivity index (χ4n) is 3.67. The molecule has 2 aliphatic rings. The van der Waals surface area contributed by atoms with Crippen molar-refractivity contribution < 1.29 is 4.74 Å². The van der Waals surface area contributed by atoms with Crippen LogP contribution in [0.5, 0.6) is 11.5 Å². The van der Waals surface area contributed by atoms with Crippen LogP contribution in [-0.2, 0) is 0 Å². The minimum absolute atomic E-state index is 0.450. The summed E-state index contributed by atoms with van der Waals surface area (Å²) in [5, 5.41) is 6.73. The molecule has 164 valence electrons. The number of pyridine rings is 2. The SMILES string of the molecule is [AsH2]C1=CN(C2CCNCC2)N(c2ncc(Sc3ccccn3)cc2Oc2ccccc2)S1. The molecule has 0 aliphatic carbocycles. The van der Waals surface area contributed by atoms with Crippen molar-refractivity contribution in [3.8, 4) is 11.5 Å². The van der Waals surface area contributed by atoms with Crippen LogP contribution in [0.3, 0.4) is 0 Å². The molecule has 1 aromatic carbocycles. The van der Waals surface area contributed by atoms with E-state index in [0.29, 0.717) is 6.04 Å². The third-order valence-corrected chi connectivity index (χ3v) is 7.90. The molecule has 1 saturated heterocycles. The van der Waals surface area contributed by atoms with Gasteiger partial charge in [0.15, 0.2) is 0 Å². The number of nitrogens with zero attached hydrogens (tertiary/aromatic N) is 4. The second kappa shape index (κ2) is 10.2. The minimum atomic E-state index is 0.450. The number of anilines is 1. The van der Waals surface area contributed by atoms with Crippen molar-refractivity contribution in [1.82, 2.24) is 20.3 Å². The van der Waals surface area contributed by atoms with Gasteiger partial charge in [0.25, 0.3) is 0 Å². The molecule has 2 aliphatic heterocycles. The third kappa shape index (κ3) is 5.09. The maximum absolute atomic E-state index is 6.36. The Balaban J connectivity index is 1.48. The average Bonchev–Trinajstić information content (AvgIpc) is 3.22. The van der Waals surface area contributed by atoms with Crippen LogP contribution in [0.4, 0.5) is 5.82 Å². The molecule has 0 bridgehead atoms. The second-order valence-corrected chi connectivity index (χ2v) is 11.7. The number of piperidine rings is 1. The van der Waals surface area contributed by atoms with Crippen LogP contribution < -0.4 is 14.5 Å². The van der Waals surface area contributed by atoms with Crippen LogP contribution in [0.1, 0.15) is 12.8 Å². The van der Waals surface area contributed by atoms with Gasteiger partial charge in [0.05, 0.1) is 0 Å². The normalized spacial score (nSPS) is 16.8. The van der Waals surface area contributed by atoms with Crippen molar-refractivity contribution >= 4 is 46.4 Å². The first-order chi connectivity index (χ1) is 15.8. The maximum atomic E-state index is 6.36. The van der Waals surface area contributed by atoms with E-state index in [1.807, 2.05) is 54.7 Å². The number of hydrazine groups is 1. The summed E-state index contributed by atoms with van der Waals surface area (Å²) < 4.78 is 9.86. The zero-order valence-corrected chi connectivity index (χ0v) is 21.5. The van der Waals surface area contributed by atoms with Crippen LogP contribution in [0.15, 0.2) is 86.8 Å². The fraction of sp³-hybridized carbons (Fsp3) is 0.217. The summed E-state index contributed by atoms with van der Waals surface area (Å²) in [6.07, 6.45) is 8.18. The number of hydrogen-bond donors (Lipinski definition) is 1. The molecular formula is C23H24AsN5OS2. The van der Waals surface area contributed by atoms with Crippen LogP contribution >= 0.6 is 23.7 Å². The molecule has 0 amide bonds. The molecule has 0 radical (unpaired) electrons. The van der Waals surface area contributed by atoms with E-state index < -0.39 is 0 Å². The third-order valence-electron chi connectivity index (χ3n) is 5.16. The average molecular weight is 526 g/mol. The Labute approximate surface area is 205 Å². The van der Waals surface area contributed by atoms with Crippen molar-refractivity contribution in [2.24, 2.45) is 0 Å². The molecule has 5 rings (SSSR count). The van der Waals surface area contributed by atoms with Crippen molar-refractivity contribution in [3.63, 3.8) is 0 Å². The number of ether oxygens (including phenoxy) is 1. The van der Waals surface area contributed by atoms with Gasteiger partial charge in [-0.1, -0.05) is 0 Å². The number of nitrogens with one attached hydrogen (secondary N) is 1. The molecule has 3 aromatic rings. The van der Waals surface area contributed by atoms with E-state index in [1.165, 1.54) is 3.69 Å². The van der Waals surface area contributed by atoms with Crippen LogP contribution in [0, 0.1) is 0 Å². The molecule has 1 fully saturated rings. The molecule has 6 nitrogen and oxygen atoms in total. The van der Waals surface area contributed by atoms with Gasteiger partial charge in [-0.2, -0.15) is 0 Å². The van der Waals surface area contributed by atoms with Gasteiger partial charge in [-0.05, 0) is 0 Å². The molecule has 4 heterocycles. The first-order valence-electron chi connectivity index (χ1n) is 10.5. The Kier molecular flexibility index (Phi) is 6.93. The standard InChI is InChI=1S/C23H24AsN5OS2/c24-21-16-28(17-9-12-25-13-10-17)29(32-21)23-20(30-18-6-2-1-3-7-18)14-19(15-27-23)31-22-8-4-5-11-26-22/h1-8,11,14-17,25H,9-10,12-13,24H2. The van der Waals surface area contributed by atoms with Crippen molar-refractivity contribution in [2.75, 3.05) is 17.5 Å². The van der Waals surface area contributed by atoms with Crippen molar-refractivity contribution in [3.05, 3.63) is 76.9 Å². The van der Waals surface area contributed by atoms with Crippen molar-refractivity contribution in [2.45, 2.75) is 28.8 Å². The number of benzene rings is 1. The predicted molar refractivity (Wildman–Crippen MR) is 134 cm³/mol. The van der Waals surface area contributed by atoms with Crippen LogP contribution in [0.2, 0.25) is 0 Å². The molecule has 9 heteroatoms. The molecule has 1 unspecified atom stereocenters. The first kappa shape index (κ1) is 21.7. The van der Waals surface area contributed by atoms with Gasteiger partial charge in [-0.15, -0.1) is 0 Å². The van der Waals surface area contributed by atoms with Crippen LogP contribution in [-0.4, -0.2) is 51.0 Å². The van der Waals surface area contributed by atoms with Gasteiger partial charge in [-0.25, -0.2) is 0 Å². The van der Waals surface area contributed by atoms with E-state index >= 15 is 0 Å². The summed E-state index contributed by atoms with van der Waals surface area (Å²) in [6.45, 7) is 2.08. The number of hydrogen-bond acceptors (Lipinski definition) is 8. The van der Waals surface area contributed by atoms with Gasteiger partial charge in [-0.3, -0.25) is 0 Å². The summed E-state index contributed by atoms with van der Waals surface area (Å²) >= 11 is 4.93. The quantitative estimate of drug-likeness (QED) is 0.378. The Morgan fingerprint density at radius 1 is 1.06 bits per heavy atom. The molecule has 32 heavy (non-hydrogen) atoms. The summed E-state index contributed by atoms with van der Waals surface area (Å²) in [6, 6.07) is 18.3. The topological polar surface area (TPSA) is 53.5 Å². The molecule has 1 atom stereocenters. The zero-order valence-electron chi connectivity index (χ0n) is 17.4. The van der Waals surface area contributed by atoms with Crippen LogP contribution in [0.25, 0.3) is 0 Å². The molecular weight excluding hydrogens is 501 g/mol. The monoisotopic (exact) mass is 525 g/mol. The van der Waals surface area contributed by atoms with Crippen molar-refractivity contribution in [1.29, 1.82) is 0 Å². The summed E-state index contributed by atoms with van der Waals surface area (Å²) in [7, 11) is 0. The fourth-order valence-corrected chi connectivity index (χ4v) is 6.24. The zero-order chi connectivity index (χ0) is 21.8. The predicted octanol–water partition coefficient (Wildman–Crippen LogP) is 4.29. The van der Waals surface area contributed by atoms with E-state index in [2.05, 4.69) is 32.0 Å². The summed E-state index contributed by atoms with van der Waals surface area (Å²) in [5.41, 5.74) is 0.